The van der Waals surface area contributed by atoms with Crippen molar-refractivity contribution in [3.05, 3.63) is 78.0 Å². The molecule has 0 atom stereocenters. The topological polar surface area (TPSA) is 26.0 Å². The zero-order chi connectivity index (χ0) is 21.1. The largest absolute Gasteiger partial charge is 0.456 e. The summed E-state index contributed by atoms with van der Waals surface area (Å²) in [6, 6.07) is 21.7. The maximum atomic E-state index is 6.19. The molecule has 31 heavy (non-hydrogen) atoms. The molecule has 0 amide bonds. The molecule has 0 aliphatic carbocycles. The van der Waals surface area contributed by atoms with Crippen LogP contribution in [0.25, 0.3) is 53.4 Å². The average Bonchev–Trinajstić information content (AvgIpc) is 3.30. The van der Waals surface area contributed by atoms with E-state index in [9.17, 15) is 0 Å². The number of aromatic nitrogens is 1. The third-order valence-corrected chi connectivity index (χ3v) is 7.22. The Bertz CT molecular complexity index is 1600. The highest BCUT2D eigenvalue weighted by Crippen LogP contribution is 2.41. The van der Waals surface area contributed by atoms with Gasteiger partial charge in [-0.2, -0.15) is 0 Å². The van der Waals surface area contributed by atoms with Crippen LogP contribution in [0.5, 0.6) is 0 Å². The third-order valence-electron chi connectivity index (χ3n) is 6.05. The zero-order valence-electron chi connectivity index (χ0n) is 17.9. The summed E-state index contributed by atoms with van der Waals surface area (Å²) < 4.78 is 8.78. The Morgan fingerprint density at radius 2 is 1.77 bits per heavy atom. The SMILES string of the molecule is Cc1cc(-c2nccc3c2sc2cc(CC(C)C)ccc23)cc2oc3ccccc3c12. The first-order valence-corrected chi connectivity index (χ1v) is 11.6. The van der Waals surface area contributed by atoms with E-state index in [1.54, 1.807) is 0 Å². The van der Waals surface area contributed by atoms with Gasteiger partial charge in [0.05, 0.1) is 10.4 Å². The lowest BCUT2D eigenvalue weighted by molar-refractivity contribution is 0.648. The van der Waals surface area contributed by atoms with Crippen LogP contribution < -0.4 is 0 Å². The molecule has 6 aromatic rings. The lowest BCUT2D eigenvalue weighted by Crippen LogP contribution is -1.92. The smallest absolute Gasteiger partial charge is 0.136 e. The van der Waals surface area contributed by atoms with Gasteiger partial charge in [-0.05, 0) is 60.7 Å². The van der Waals surface area contributed by atoms with Gasteiger partial charge in [0.2, 0.25) is 0 Å². The highest BCUT2D eigenvalue weighted by molar-refractivity contribution is 7.26. The fourth-order valence-electron chi connectivity index (χ4n) is 4.75. The van der Waals surface area contributed by atoms with Gasteiger partial charge in [0.15, 0.2) is 0 Å². The zero-order valence-corrected chi connectivity index (χ0v) is 18.7. The number of furan rings is 1. The number of thiophene rings is 1. The second kappa shape index (κ2) is 6.93. The number of hydrogen-bond donors (Lipinski definition) is 0. The van der Waals surface area contributed by atoms with Gasteiger partial charge in [-0.15, -0.1) is 11.3 Å². The maximum absolute atomic E-state index is 6.19. The minimum absolute atomic E-state index is 0.655. The van der Waals surface area contributed by atoms with Crippen molar-refractivity contribution in [2.45, 2.75) is 27.2 Å². The van der Waals surface area contributed by atoms with Crippen molar-refractivity contribution in [3.8, 4) is 11.3 Å². The molecule has 0 fully saturated rings. The van der Waals surface area contributed by atoms with Crippen LogP contribution in [-0.2, 0) is 6.42 Å². The van der Waals surface area contributed by atoms with Crippen LogP contribution in [0.15, 0.2) is 71.3 Å². The fraction of sp³-hybridized carbons (Fsp3) is 0.179. The van der Waals surface area contributed by atoms with E-state index in [2.05, 4.69) is 69.3 Å². The van der Waals surface area contributed by atoms with Crippen molar-refractivity contribution in [2.24, 2.45) is 5.92 Å². The van der Waals surface area contributed by atoms with E-state index in [4.69, 9.17) is 9.40 Å². The van der Waals surface area contributed by atoms with Crippen LogP contribution in [0.3, 0.4) is 0 Å². The highest BCUT2D eigenvalue weighted by atomic mass is 32.1. The summed E-state index contributed by atoms with van der Waals surface area (Å²) in [5.41, 5.74) is 6.64. The Balaban J connectivity index is 1.58. The Labute approximate surface area is 185 Å². The van der Waals surface area contributed by atoms with Gasteiger partial charge in [-0.1, -0.05) is 44.2 Å². The Morgan fingerprint density at radius 3 is 2.65 bits per heavy atom. The van der Waals surface area contributed by atoms with Crippen LogP contribution in [0, 0.1) is 12.8 Å². The molecular weight excluding hydrogens is 398 g/mol. The molecule has 6 rings (SSSR count). The molecule has 0 saturated heterocycles. The standard InChI is InChI=1S/C28H23NOS/c1-16(2)12-18-8-9-20-21-10-11-29-27(28(21)31-25(20)14-18)19-13-17(3)26-22-6-4-5-7-23(22)30-24(26)15-19/h4-11,13-16H,12H2,1-3H3. The van der Waals surface area contributed by atoms with Crippen molar-refractivity contribution in [3.63, 3.8) is 0 Å². The van der Waals surface area contributed by atoms with Crippen molar-refractivity contribution in [2.75, 3.05) is 0 Å². The molecule has 3 heteroatoms. The molecule has 0 aliphatic heterocycles. The van der Waals surface area contributed by atoms with E-state index < -0.39 is 0 Å². The second-order valence-corrected chi connectivity index (χ2v) is 9.88. The quantitative estimate of drug-likeness (QED) is 0.286. The number of rotatable bonds is 3. The number of benzene rings is 3. The molecule has 0 spiro atoms. The highest BCUT2D eigenvalue weighted by Gasteiger charge is 2.16. The van der Waals surface area contributed by atoms with E-state index in [1.807, 2.05) is 29.7 Å². The molecule has 3 aromatic carbocycles. The predicted octanol–water partition coefficient (Wildman–Crippen LogP) is 8.52. The van der Waals surface area contributed by atoms with Gasteiger partial charge < -0.3 is 4.42 Å². The maximum Gasteiger partial charge on any atom is 0.136 e. The van der Waals surface area contributed by atoms with Crippen LogP contribution in [0.1, 0.15) is 25.0 Å². The molecule has 3 heterocycles. The van der Waals surface area contributed by atoms with Crippen molar-refractivity contribution in [1.29, 1.82) is 0 Å². The van der Waals surface area contributed by atoms with Gasteiger partial charge >= 0.3 is 0 Å². The molecule has 0 bridgehead atoms. The van der Waals surface area contributed by atoms with Gasteiger partial charge in [-0.25, -0.2) is 0 Å². The van der Waals surface area contributed by atoms with E-state index in [0.717, 1.165) is 28.8 Å². The number of aryl methyl sites for hydroxylation is 1. The summed E-state index contributed by atoms with van der Waals surface area (Å²) in [6.07, 6.45) is 3.04. The number of pyridine rings is 1. The Morgan fingerprint density at radius 1 is 0.903 bits per heavy atom. The molecule has 0 aliphatic rings. The van der Waals surface area contributed by atoms with Gasteiger partial charge in [0.25, 0.3) is 0 Å². The van der Waals surface area contributed by atoms with Crippen molar-refractivity contribution < 1.29 is 4.42 Å². The molecule has 152 valence electrons. The first-order valence-electron chi connectivity index (χ1n) is 10.8. The summed E-state index contributed by atoms with van der Waals surface area (Å²) in [4.78, 5) is 4.81. The van der Waals surface area contributed by atoms with E-state index in [-0.39, 0.29) is 0 Å². The Hall–Kier alpha value is -3.17. The van der Waals surface area contributed by atoms with Crippen LogP contribution in [-0.4, -0.2) is 4.98 Å². The van der Waals surface area contributed by atoms with Gasteiger partial charge in [-0.3, -0.25) is 4.98 Å². The molecule has 3 aromatic heterocycles. The molecule has 2 nitrogen and oxygen atoms in total. The van der Waals surface area contributed by atoms with Crippen LogP contribution in [0.2, 0.25) is 0 Å². The molecular formula is C28H23NOS. The predicted molar refractivity (Wildman–Crippen MR) is 133 cm³/mol. The van der Waals surface area contributed by atoms with Crippen LogP contribution in [0.4, 0.5) is 0 Å². The van der Waals surface area contributed by atoms with Gasteiger partial charge in [0.1, 0.15) is 11.2 Å². The number of fused-ring (bicyclic) bond motifs is 6. The first-order chi connectivity index (χ1) is 15.1. The summed E-state index contributed by atoms with van der Waals surface area (Å²) in [6.45, 7) is 6.71. The number of hydrogen-bond acceptors (Lipinski definition) is 3. The lowest BCUT2D eigenvalue weighted by atomic mass is 10.0. The second-order valence-electron chi connectivity index (χ2n) is 8.83. The minimum atomic E-state index is 0.655. The lowest BCUT2D eigenvalue weighted by Gasteiger charge is -2.05. The van der Waals surface area contributed by atoms with Crippen molar-refractivity contribution >= 4 is 53.4 Å². The van der Waals surface area contributed by atoms with E-state index >= 15 is 0 Å². The number of nitrogens with zero attached hydrogens (tertiary/aromatic N) is 1. The molecule has 0 N–H and O–H groups in total. The first kappa shape index (κ1) is 18.6. The molecule has 0 saturated carbocycles. The van der Waals surface area contributed by atoms with E-state index in [1.165, 1.54) is 42.1 Å². The number of para-hydroxylation sites is 1. The van der Waals surface area contributed by atoms with Gasteiger partial charge in [0, 0.05) is 38.0 Å². The summed E-state index contributed by atoms with van der Waals surface area (Å²) >= 11 is 1.85. The molecule has 0 unspecified atom stereocenters. The monoisotopic (exact) mass is 421 g/mol. The third kappa shape index (κ3) is 2.95. The van der Waals surface area contributed by atoms with E-state index in [0.29, 0.717) is 5.92 Å². The van der Waals surface area contributed by atoms with Crippen LogP contribution >= 0.6 is 11.3 Å². The normalized spacial score (nSPS) is 12.1. The molecule has 0 radical (unpaired) electrons. The fourth-order valence-corrected chi connectivity index (χ4v) is 6.02. The van der Waals surface area contributed by atoms with Crippen molar-refractivity contribution in [1.82, 2.24) is 4.98 Å². The average molecular weight is 422 g/mol. The summed E-state index contributed by atoms with van der Waals surface area (Å²) in [7, 11) is 0. The Kier molecular flexibility index (Phi) is 4.15. The summed E-state index contributed by atoms with van der Waals surface area (Å²) in [5.74, 6) is 0.655. The summed E-state index contributed by atoms with van der Waals surface area (Å²) in [5, 5.41) is 4.97. The minimum Gasteiger partial charge on any atom is -0.456 e.